The Morgan fingerprint density at radius 1 is 1.44 bits per heavy atom. The standard InChI is InChI=1S/C12H18N4/c1-10-2-5-14-11(15-10)16-7-4-12(9-16)3-6-13-8-12/h2,5,13H,3-4,6-9H2,1H3/t12-/m0/s1. The van der Waals surface area contributed by atoms with E-state index in [2.05, 4.69) is 20.2 Å². The van der Waals surface area contributed by atoms with E-state index < -0.39 is 0 Å². The first-order valence-corrected chi connectivity index (χ1v) is 6.03. The molecule has 4 heteroatoms. The molecule has 16 heavy (non-hydrogen) atoms. The van der Waals surface area contributed by atoms with Gasteiger partial charge in [-0.1, -0.05) is 0 Å². The van der Waals surface area contributed by atoms with Crippen molar-refractivity contribution in [2.75, 3.05) is 31.1 Å². The van der Waals surface area contributed by atoms with Crippen LogP contribution < -0.4 is 10.2 Å². The highest BCUT2D eigenvalue weighted by molar-refractivity contribution is 5.33. The molecule has 2 saturated heterocycles. The minimum atomic E-state index is 0.493. The zero-order chi connectivity index (χ0) is 11.0. The van der Waals surface area contributed by atoms with Crippen molar-refractivity contribution in [2.45, 2.75) is 19.8 Å². The average molecular weight is 218 g/mol. The average Bonchev–Trinajstić information content (AvgIpc) is 2.90. The van der Waals surface area contributed by atoms with Crippen molar-refractivity contribution in [3.8, 4) is 0 Å². The van der Waals surface area contributed by atoms with Gasteiger partial charge in [0.2, 0.25) is 5.95 Å². The molecule has 1 aromatic heterocycles. The summed E-state index contributed by atoms with van der Waals surface area (Å²) in [5.74, 6) is 0.906. The maximum Gasteiger partial charge on any atom is 0.225 e. The van der Waals surface area contributed by atoms with Gasteiger partial charge < -0.3 is 10.2 Å². The molecular weight excluding hydrogens is 200 g/mol. The SMILES string of the molecule is Cc1ccnc(N2CC[C@]3(CCNC3)C2)n1. The first kappa shape index (κ1) is 10.0. The van der Waals surface area contributed by atoms with E-state index in [4.69, 9.17) is 0 Å². The van der Waals surface area contributed by atoms with Crippen molar-refractivity contribution in [2.24, 2.45) is 5.41 Å². The molecule has 3 heterocycles. The molecule has 0 saturated carbocycles. The highest BCUT2D eigenvalue weighted by Crippen LogP contribution is 2.37. The van der Waals surface area contributed by atoms with E-state index in [0.29, 0.717) is 5.41 Å². The van der Waals surface area contributed by atoms with Gasteiger partial charge in [0.25, 0.3) is 0 Å². The van der Waals surface area contributed by atoms with Crippen LogP contribution in [0.25, 0.3) is 0 Å². The Labute approximate surface area is 96.1 Å². The molecule has 2 aliphatic rings. The molecule has 0 unspecified atom stereocenters. The van der Waals surface area contributed by atoms with E-state index in [1.165, 1.54) is 19.4 Å². The minimum Gasteiger partial charge on any atom is -0.340 e. The summed E-state index contributed by atoms with van der Waals surface area (Å²) in [6.07, 6.45) is 4.43. The lowest BCUT2D eigenvalue weighted by molar-refractivity contribution is 0.369. The lowest BCUT2D eigenvalue weighted by Crippen LogP contribution is -2.30. The first-order chi connectivity index (χ1) is 7.77. The van der Waals surface area contributed by atoms with Crippen molar-refractivity contribution < 1.29 is 0 Å². The molecule has 4 nitrogen and oxygen atoms in total. The molecule has 1 atom stereocenters. The molecule has 1 N–H and O–H groups in total. The van der Waals surface area contributed by atoms with Crippen LogP contribution in [-0.4, -0.2) is 36.1 Å². The fourth-order valence-corrected chi connectivity index (χ4v) is 2.84. The van der Waals surface area contributed by atoms with Crippen LogP contribution in [0.5, 0.6) is 0 Å². The minimum absolute atomic E-state index is 0.493. The molecule has 1 spiro atoms. The lowest BCUT2D eigenvalue weighted by Gasteiger charge is -2.22. The first-order valence-electron chi connectivity index (χ1n) is 6.03. The Balaban J connectivity index is 1.78. The third-order valence-corrected chi connectivity index (χ3v) is 3.84. The van der Waals surface area contributed by atoms with Gasteiger partial charge in [-0.25, -0.2) is 9.97 Å². The summed E-state index contributed by atoms with van der Waals surface area (Å²) in [4.78, 5) is 11.2. The van der Waals surface area contributed by atoms with Crippen LogP contribution in [0.1, 0.15) is 18.5 Å². The molecule has 0 aliphatic carbocycles. The van der Waals surface area contributed by atoms with E-state index >= 15 is 0 Å². The number of aryl methyl sites for hydroxylation is 1. The van der Waals surface area contributed by atoms with E-state index in [1.807, 2.05) is 19.2 Å². The Kier molecular flexibility index (Phi) is 2.32. The Bertz CT molecular complexity index is 384. The summed E-state index contributed by atoms with van der Waals surface area (Å²) < 4.78 is 0. The van der Waals surface area contributed by atoms with E-state index in [0.717, 1.165) is 31.3 Å². The van der Waals surface area contributed by atoms with Gasteiger partial charge in [-0.3, -0.25) is 0 Å². The van der Waals surface area contributed by atoms with E-state index in [-0.39, 0.29) is 0 Å². The van der Waals surface area contributed by atoms with Crippen molar-refractivity contribution in [3.05, 3.63) is 18.0 Å². The van der Waals surface area contributed by atoms with Gasteiger partial charge in [-0.2, -0.15) is 0 Å². The predicted octanol–water partition coefficient (Wildman–Crippen LogP) is 0.975. The summed E-state index contributed by atoms with van der Waals surface area (Å²) in [6.45, 7) is 6.57. The number of hydrogen-bond acceptors (Lipinski definition) is 4. The number of rotatable bonds is 1. The smallest absolute Gasteiger partial charge is 0.225 e. The summed E-state index contributed by atoms with van der Waals surface area (Å²) in [6, 6.07) is 1.95. The van der Waals surface area contributed by atoms with Gasteiger partial charge in [-0.05, 0) is 32.4 Å². The lowest BCUT2D eigenvalue weighted by atomic mass is 9.87. The maximum atomic E-state index is 4.50. The van der Waals surface area contributed by atoms with Gasteiger partial charge in [0, 0.05) is 36.9 Å². The third-order valence-electron chi connectivity index (χ3n) is 3.84. The molecule has 2 aliphatic heterocycles. The van der Waals surface area contributed by atoms with Crippen LogP contribution in [0.3, 0.4) is 0 Å². The number of anilines is 1. The number of nitrogens with zero attached hydrogens (tertiary/aromatic N) is 3. The third kappa shape index (κ3) is 1.67. The van der Waals surface area contributed by atoms with E-state index in [1.54, 1.807) is 0 Å². The molecule has 0 bridgehead atoms. The molecule has 0 aromatic carbocycles. The summed E-state index contributed by atoms with van der Waals surface area (Å²) >= 11 is 0. The van der Waals surface area contributed by atoms with Crippen LogP contribution in [0.4, 0.5) is 5.95 Å². The fraction of sp³-hybridized carbons (Fsp3) is 0.667. The molecule has 0 amide bonds. The van der Waals surface area contributed by atoms with Crippen LogP contribution in [0.2, 0.25) is 0 Å². The van der Waals surface area contributed by atoms with Gasteiger partial charge in [-0.15, -0.1) is 0 Å². The fourth-order valence-electron chi connectivity index (χ4n) is 2.84. The Hall–Kier alpha value is -1.16. The second-order valence-corrected chi connectivity index (χ2v) is 5.10. The van der Waals surface area contributed by atoms with Gasteiger partial charge in [0.15, 0.2) is 0 Å². The maximum absolute atomic E-state index is 4.50. The summed E-state index contributed by atoms with van der Waals surface area (Å²) in [5.41, 5.74) is 1.54. The largest absolute Gasteiger partial charge is 0.340 e. The highest BCUT2D eigenvalue weighted by atomic mass is 15.3. The zero-order valence-electron chi connectivity index (χ0n) is 9.74. The quantitative estimate of drug-likeness (QED) is 0.762. The van der Waals surface area contributed by atoms with Crippen LogP contribution in [0, 0.1) is 12.3 Å². The van der Waals surface area contributed by atoms with Crippen molar-refractivity contribution >= 4 is 5.95 Å². The van der Waals surface area contributed by atoms with Crippen LogP contribution in [-0.2, 0) is 0 Å². The van der Waals surface area contributed by atoms with Crippen molar-refractivity contribution in [1.29, 1.82) is 0 Å². The van der Waals surface area contributed by atoms with Crippen LogP contribution >= 0.6 is 0 Å². The Morgan fingerprint density at radius 3 is 3.12 bits per heavy atom. The van der Waals surface area contributed by atoms with Crippen molar-refractivity contribution in [1.82, 2.24) is 15.3 Å². The zero-order valence-corrected chi connectivity index (χ0v) is 9.74. The summed E-state index contributed by atoms with van der Waals surface area (Å²) in [5, 5.41) is 3.47. The molecule has 0 radical (unpaired) electrons. The van der Waals surface area contributed by atoms with E-state index in [9.17, 15) is 0 Å². The van der Waals surface area contributed by atoms with Gasteiger partial charge in [0.1, 0.15) is 0 Å². The normalized spacial score (nSPS) is 29.2. The van der Waals surface area contributed by atoms with Gasteiger partial charge >= 0.3 is 0 Å². The number of aromatic nitrogens is 2. The molecule has 3 rings (SSSR count). The molecule has 86 valence electrons. The van der Waals surface area contributed by atoms with Gasteiger partial charge in [0.05, 0.1) is 0 Å². The molecule has 1 aromatic rings. The topological polar surface area (TPSA) is 41.1 Å². The van der Waals surface area contributed by atoms with Crippen molar-refractivity contribution in [3.63, 3.8) is 0 Å². The molecule has 2 fully saturated rings. The monoisotopic (exact) mass is 218 g/mol. The molecular formula is C12H18N4. The summed E-state index contributed by atoms with van der Waals surface area (Å²) in [7, 11) is 0. The second-order valence-electron chi connectivity index (χ2n) is 5.10. The second kappa shape index (κ2) is 3.70. The predicted molar refractivity (Wildman–Crippen MR) is 63.5 cm³/mol. The van der Waals surface area contributed by atoms with Crippen LogP contribution in [0.15, 0.2) is 12.3 Å². The number of nitrogens with one attached hydrogen (secondary N) is 1. The highest BCUT2D eigenvalue weighted by Gasteiger charge is 2.40. The number of hydrogen-bond donors (Lipinski definition) is 1. The Morgan fingerprint density at radius 2 is 2.38 bits per heavy atom.